The van der Waals surface area contributed by atoms with Gasteiger partial charge in [-0.1, -0.05) is 0 Å². The number of halogens is 2. The van der Waals surface area contributed by atoms with Gasteiger partial charge in [0.1, 0.15) is 5.82 Å². The summed E-state index contributed by atoms with van der Waals surface area (Å²) in [6.07, 6.45) is 3.62. The lowest BCUT2D eigenvalue weighted by atomic mass is 9.94. The first-order valence-electron chi connectivity index (χ1n) is 4.79. The summed E-state index contributed by atoms with van der Waals surface area (Å²) < 4.78 is 14.2. The third-order valence-corrected chi connectivity index (χ3v) is 3.00. The van der Waals surface area contributed by atoms with E-state index in [1.165, 1.54) is 6.07 Å². The minimum atomic E-state index is -0.189. The number of piperidine rings is 1. The van der Waals surface area contributed by atoms with Crippen LogP contribution in [0.4, 0.5) is 4.39 Å². The molecule has 0 atom stereocenters. The van der Waals surface area contributed by atoms with Crippen molar-refractivity contribution in [1.29, 1.82) is 0 Å². The Balaban J connectivity index is 2.22. The van der Waals surface area contributed by atoms with Crippen LogP contribution in [-0.2, 0) is 0 Å². The summed E-state index contributed by atoms with van der Waals surface area (Å²) in [5, 5.41) is 3.26. The molecule has 1 fully saturated rings. The molecule has 14 heavy (non-hydrogen) atoms. The van der Waals surface area contributed by atoms with Gasteiger partial charge in [-0.2, -0.15) is 0 Å². The van der Waals surface area contributed by atoms with Crippen molar-refractivity contribution in [3.05, 3.63) is 28.2 Å². The van der Waals surface area contributed by atoms with E-state index in [-0.39, 0.29) is 11.7 Å². The molecule has 2 rings (SSSR count). The summed E-state index contributed by atoms with van der Waals surface area (Å²) in [5.41, 5.74) is 0.620. The van der Waals surface area contributed by atoms with Crippen molar-refractivity contribution in [2.75, 3.05) is 13.1 Å². The maximum atomic E-state index is 13.5. The Kier molecular flexibility index (Phi) is 3.13. The molecule has 0 amide bonds. The van der Waals surface area contributed by atoms with E-state index in [0.717, 1.165) is 25.9 Å². The quantitative estimate of drug-likeness (QED) is 0.837. The molecule has 1 aromatic rings. The molecule has 0 aromatic carbocycles. The number of rotatable bonds is 1. The minimum Gasteiger partial charge on any atom is -0.317 e. The number of pyridine rings is 1. The second kappa shape index (κ2) is 4.36. The highest BCUT2D eigenvalue weighted by Gasteiger charge is 2.19. The molecule has 1 aliphatic heterocycles. The van der Waals surface area contributed by atoms with Gasteiger partial charge < -0.3 is 5.32 Å². The average Bonchev–Trinajstić information content (AvgIpc) is 2.19. The van der Waals surface area contributed by atoms with Crippen LogP contribution < -0.4 is 5.32 Å². The minimum absolute atomic E-state index is 0.189. The van der Waals surface area contributed by atoms with E-state index >= 15 is 0 Å². The van der Waals surface area contributed by atoms with Gasteiger partial charge in [-0.05, 0) is 47.9 Å². The zero-order valence-corrected chi connectivity index (χ0v) is 9.35. The number of aromatic nitrogens is 1. The molecule has 76 valence electrons. The van der Waals surface area contributed by atoms with Crippen LogP contribution in [0.15, 0.2) is 16.7 Å². The van der Waals surface area contributed by atoms with Crippen LogP contribution in [0.1, 0.15) is 24.5 Å². The molecule has 0 saturated carbocycles. The molecule has 0 unspecified atom stereocenters. The molecule has 1 aromatic heterocycles. The lowest BCUT2D eigenvalue weighted by Crippen LogP contribution is -2.27. The van der Waals surface area contributed by atoms with Gasteiger partial charge >= 0.3 is 0 Å². The summed E-state index contributed by atoms with van der Waals surface area (Å²) in [7, 11) is 0. The fraction of sp³-hybridized carbons (Fsp3) is 0.500. The molecule has 2 nitrogen and oxygen atoms in total. The van der Waals surface area contributed by atoms with Crippen LogP contribution in [0.25, 0.3) is 0 Å². The smallest absolute Gasteiger partial charge is 0.146 e. The Morgan fingerprint density at radius 1 is 1.43 bits per heavy atom. The molecular formula is C10H12BrFN2. The maximum Gasteiger partial charge on any atom is 0.146 e. The van der Waals surface area contributed by atoms with Crippen LogP contribution in [0.3, 0.4) is 0 Å². The first kappa shape index (κ1) is 10.1. The van der Waals surface area contributed by atoms with Crippen molar-refractivity contribution in [3.63, 3.8) is 0 Å². The molecule has 4 heteroatoms. The second-order valence-electron chi connectivity index (χ2n) is 3.54. The van der Waals surface area contributed by atoms with E-state index in [1.807, 2.05) is 0 Å². The molecule has 0 radical (unpaired) electrons. The molecule has 0 bridgehead atoms. The van der Waals surface area contributed by atoms with Gasteiger partial charge in [-0.25, -0.2) is 4.39 Å². The monoisotopic (exact) mass is 258 g/mol. The zero-order valence-electron chi connectivity index (χ0n) is 7.76. The van der Waals surface area contributed by atoms with Gasteiger partial charge in [0.15, 0.2) is 0 Å². The van der Waals surface area contributed by atoms with E-state index in [0.29, 0.717) is 10.2 Å². The van der Waals surface area contributed by atoms with Gasteiger partial charge in [-0.15, -0.1) is 0 Å². The van der Waals surface area contributed by atoms with Crippen molar-refractivity contribution < 1.29 is 4.39 Å². The first-order chi connectivity index (χ1) is 6.77. The molecule has 2 heterocycles. The average molecular weight is 259 g/mol. The summed E-state index contributed by atoms with van der Waals surface area (Å²) >= 11 is 3.21. The molecule has 1 aliphatic rings. The molecular weight excluding hydrogens is 247 g/mol. The van der Waals surface area contributed by atoms with Crippen LogP contribution in [0.2, 0.25) is 0 Å². The Bertz CT molecular complexity index is 324. The molecule has 1 N–H and O–H groups in total. The summed E-state index contributed by atoms with van der Waals surface area (Å²) in [4.78, 5) is 4.15. The topological polar surface area (TPSA) is 24.9 Å². The van der Waals surface area contributed by atoms with Crippen molar-refractivity contribution in [2.24, 2.45) is 0 Å². The fourth-order valence-corrected chi connectivity index (χ4v) is 2.12. The van der Waals surface area contributed by atoms with Crippen molar-refractivity contribution in [1.82, 2.24) is 10.3 Å². The molecule has 0 spiro atoms. The van der Waals surface area contributed by atoms with Gasteiger partial charge in [0.2, 0.25) is 0 Å². The Morgan fingerprint density at radius 3 is 2.79 bits per heavy atom. The predicted octanol–water partition coefficient (Wildman–Crippen LogP) is 2.45. The predicted molar refractivity (Wildman–Crippen MR) is 56.7 cm³/mol. The van der Waals surface area contributed by atoms with Crippen molar-refractivity contribution >= 4 is 15.9 Å². The van der Waals surface area contributed by atoms with Crippen LogP contribution >= 0.6 is 15.9 Å². The highest BCUT2D eigenvalue weighted by molar-refractivity contribution is 9.10. The molecule has 1 saturated heterocycles. The number of hydrogen-bond acceptors (Lipinski definition) is 2. The summed E-state index contributed by atoms with van der Waals surface area (Å²) in [5.74, 6) is 0.0932. The van der Waals surface area contributed by atoms with Gasteiger partial charge in [0.05, 0.1) is 5.69 Å². The standard InChI is InChI=1S/C10H12BrFN2/c11-8-5-9(12)10(14-6-8)7-1-3-13-4-2-7/h5-7,13H,1-4H2. The third kappa shape index (κ3) is 2.12. The lowest BCUT2D eigenvalue weighted by Gasteiger charge is -2.22. The SMILES string of the molecule is Fc1cc(Br)cnc1C1CCNCC1. The lowest BCUT2D eigenvalue weighted by molar-refractivity contribution is 0.435. The Hall–Kier alpha value is -0.480. The zero-order chi connectivity index (χ0) is 9.97. The fourth-order valence-electron chi connectivity index (χ4n) is 1.82. The maximum absolute atomic E-state index is 13.5. The second-order valence-corrected chi connectivity index (χ2v) is 4.46. The summed E-state index contributed by atoms with van der Waals surface area (Å²) in [6.45, 7) is 1.92. The largest absolute Gasteiger partial charge is 0.317 e. The van der Waals surface area contributed by atoms with Gasteiger partial charge in [0.25, 0.3) is 0 Å². The van der Waals surface area contributed by atoms with Crippen molar-refractivity contribution in [3.8, 4) is 0 Å². The summed E-state index contributed by atoms with van der Waals surface area (Å²) in [6, 6.07) is 1.49. The highest BCUT2D eigenvalue weighted by Crippen LogP contribution is 2.26. The van der Waals surface area contributed by atoms with E-state index in [4.69, 9.17) is 0 Å². The van der Waals surface area contributed by atoms with Gasteiger partial charge in [0, 0.05) is 16.6 Å². The van der Waals surface area contributed by atoms with E-state index < -0.39 is 0 Å². The van der Waals surface area contributed by atoms with E-state index in [9.17, 15) is 4.39 Å². The number of nitrogens with one attached hydrogen (secondary N) is 1. The number of nitrogens with zero attached hydrogens (tertiary/aromatic N) is 1. The normalized spacial score (nSPS) is 18.4. The van der Waals surface area contributed by atoms with Crippen LogP contribution in [-0.4, -0.2) is 18.1 Å². The Labute approximate surface area is 91.1 Å². The third-order valence-electron chi connectivity index (χ3n) is 2.56. The van der Waals surface area contributed by atoms with E-state index in [2.05, 4.69) is 26.2 Å². The molecule has 0 aliphatic carbocycles. The van der Waals surface area contributed by atoms with Crippen LogP contribution in [0.5, 0.6) is 0 Å². The van der Waals surface area contributed by atoms with Crippen LogP contribution in [0, 0.1) is 5.82 Å². The van der Waals surface area contributed by atoms with E-state index in [1.54, 1.807) is 6.20 Å². The Morgan fingerprint density at radius 2 is 2.14 bits per heavy atom. The van der Waals surface area contributed by atoms with Crippen molar-refractivity contribution in [2.45, 2.75) is 18.8 Å². The first-order valence-corrected chi connectivity index (χ1v) is 5.58. The number of hydrogen-bond donors (Lipinski definition) is 1. The highest BCUT2D eigenvalue weighted by atomic mass is 79.9. The van der Waals surface area contributed by atoms with Gasteiger partial charge in [-0.3, -0.25) is 4.98 Å².